The molecule has 4 unspecified atom stereocenters. The van der Waals surface area contributed by atoms with Crippen molar-refractivity contribution in [2.24, 2.45) is 11.7 Å². The average Bonchev–Trinajstić information content (AvgIpc) is 3.44. The average molecular weight is 549 g/mol. The molecule has 2 aromatic carbocycles. The second kappa shape index (κ2) is 14.6. The van der Waals surface area contributed by atoms with Crippen molar-refractivity contribution in [3.05, 3.63) is 90.0 Å². The second-order valence-electron chi connectivity index (χ2n) is 9.96. The van der Waals surface area contributed by atoms with Crippen molar-refractivity contribution in [1.29, 1.82) is 0 Å². The largest absolute Gasteiger partial charge is 0.480 e. The zero-order valence-electron chi connectivity index (χ0n) is 22.5. The first-order valence-electron chi connectivity index (χ1n) is 13.1. The lowest BCUT2D eigenvalue weighted by molar-refractivity contribution is -0.142. The van der Waals surface area contributed by atoms with Crippen LogP contribution >= 0.6 is 0 Å². The summed E-state index contributed by atoms with van der Waals surface area (Å²) < 4.78 is 0. The number of H-pyrrole nitrogens is 1. The third-order valence-corrected chi connectivity index (χ3v) is 6.39. The molecule has 1 aromatic heterocycles. The van der Waals surface area contributed by atoms with Gasteiger partial charge in [0.1, 0.15) is 18.1 Å². The van der Waals surface area contributed by atoms with E-state index in [9.17, 15) is 24.3 Å². The Morgan fingerprint density at radius 2 is 1.38 bits per heavy atom. The first-order valence-corrected chi connectivity index (χ1v) is 13.1. The fourth-order valence-corrected chi connectivity index (χ4v) is 4.17. The molecule has 0 saturated heterocycles. The third kappa shape index (κ3) is 9.05. The monoisotopic (exact) mass is 548 g/mol. The van der Waals surface area contributed by atoms with Crippen LogP contribution in [0.1, 0.15) is 30.7 Å². The minimum Gasteiger partial charge on any atom is -0.480 e. The van der Waals surface area contributed by atoms with Crippen molar-refractivity contribution in [2.45, 2.75) is 57.3 Å². The van der Waals surface area contributed by atoms with Crippen LogP contribution in [0.4, 0.5) is 0 Å². The number of hydrogen-bond donors (Lipinski definition) is 6. The van der Waals surface area contributed by atoms with Crippen molar-refractivity contribution in [3.8, 4) is 0 Å². The van der Waals surface area contributed by atoms with Gasteiger partial charge in [0, 0.05) is 24.7 Å². The van der Waals surface area contributed by atoms with Gasteiger partial charge in [-0.1, -0.05) is 74.5 Å². The van der Waals surface area contributed by atoms with Crippen molar-refractivity contribution in [1.82, 2.24) is 25.9 Å². The standard InChI is InChI=1S/C29H36N6O5/c1-18(2)25(35-26(36)22(30)13-19-9-5-3-6-10-19)28(38)33-23(14-20-11-7-4-8-12-20)27(37)34-24(29(39)40)15-21-16-31-17-32-21/h3-12,16-18,22-25H,13-15,30H2,1-2H3,(H,31,32)(H,33,38)(H,34,37)(H,35,36)(H,39,40). The molecule has 0 saturated carbocycles. The van der Waals surface area contributed by atoms with Gasteiger partial charge < -0.3 is 31.8 Å². The highest BCUT2D eigenvalue weighted by atomic mass is 16.4. The highest BCUT2D eigenvalue weighted by Crippen LogP contribution is 2.09. The number of imidazole rings is 1. The minimum absolute atomic E-state index is 0.0168. The van der Waals surface area contributed by atoms with E-state index in [4.69, 9.17) is 5.73 Å². The predicted octanol–water partition coefficient (Wildman–Crippen LogP) is 0.960. The molecule has 3 amide bonds. The summed E-state index contributed by atoms with van der Waals surface area (Å²) in [4.78, 5) is 58.2. The number of hydrogen-bond acceptors (Lipinski definition) is 6. The summed E-state index contributed by atoms with van der Waals surface area (Å²) in [6.45, 7) is 3.54. The summed E-state index contributed by atoms with van der Waals surface area (Å²) in [5.41, 5.74) is 8.30. The van der Waals surface area contributed by atoms with E-state index < -0.39 is 47.9 Å². The molecule has 7 N–H and O–H groups in total. The van der Waals surface area contributed by atoms with Crippen molar-refractivity contribution in [3.63, 3.8) is 0 Å². The van der Waals surface area contributed by atoms with Gasteiger partial charge in [0.25, 0.3) is 0 Å². The molecule has 0 aliphatic carbocycles. The molecule has 0 fully saturated rings. The van der Waals surface area contributed by atoms with Gasteiger partial charge in [-0.15, -0.1) is 0 Å². The zero-order valence-corrected chi connectivity index (χ0v) is 22.5. The van der Waals surface area contributed by atoms with Crippen molar-refractivity contribution >= 4 is 23.7 Å². The first-order chi connectivity index (χ1) is 19.1. The maximum absolute atomic E-state index is 13.4. The smallest absolute Gasteiger partial charge is 0.326 e. The maximum Gasteiger partial charge on any atom is 0.326 e. The summed E-state index contributed by atoms with van der Waals surface area (Å²) in [6.07, 6.45) is 3.29. The minimum atomic E-state index is -1.25. The third-order valence-electron chi connectivity index (χ3n) is 6.39. The van der Waals surface area contributed by atoms with Gasteiger partial charge in [0.05, 0.1) is 12.4 Å². The van der Waals surface area contributed by atoms with Crippen LogP contribution in [0.3, 0.4) is 0 Å². The zero-order chi connectivity index (χ0) is 29.1. The normalized spacial score (nSPS) is 14.0. The van der Waals surface area contributed by atoms with Gasteiger partial charge >= 0.3 is 5.97 Å². The molecule has 11 heteroatoms. The predicted molar refractivity (Wildman–Crippen MR) is 149 cm³/mol. The molecule has 1 heterocycles. The number of nitrogens with two attached hydrogens (primary N) is 1. The highest BCUT2D eigenvalue weighted by molar-refractivity contribution is 5.94. The molecular formula is C29H36N6O5. The number of benzene rings is 2. The lowest BCUT2D eigenvalue weighted by Gasteiger charge is -2.27. The lowest BCUT2D eigenvalue weighted by Crippen LogP contribution is -2.59. The number of carboxylic acids is 1. The SMILES string of the molecule is CC(C)C(NC(=O)C(N)Cc1ccccc1)C(=O)NC(Cc1ccccc1)C(=O)NC(Cc1cnc[nH]1)C(=O)O. The Bertz CT molecular complexity index is 1250. The second-order valence-corrected chi connectivity index (χ2v) is 9.96. The van der Waals surface area contributed by atoms with Crippen molar-refractivity contribution < 1.29 is 24.3 Å². The van der Waals surface area contributed by atoms with E-state index in [1.807, 2.05) is 36.4 Å². The Kier molecular flexibility index (Phi) is 11.0. The van der Waals surface area contributed by atoms with E-state index in [1.54, 1.807) is 38.1 Å². The van der Waals surface area contributed by atoms with Crippen LogP contribution < -0.4 is 21.7 Å². The van der Waals surface area contributed by atoms with Crippen molar-refractivity contribution in [2.75, 3.05) is 0 Å². The topological polar surface area (TPSA) is 179 Å². The summed E-state index contributed by atoms with van der Waals surface area (Å²) in [5, 5.41) is 17.7. The van der Waals surface area contributed by atoms with Crippen LogP contribution in [-0.2, 0) is 38.4 Å². The fourth-order valence-electron chi connectivity index (χ4n) is 4.17. The molecule has 3 aromatic rings. The van der Waals surface area contributed by atoms with Gasteiger partial charge in [0.2, 0.25) is 17.7 Å². The number of carbonyl (C=O) groups is 4. The summed E-state index contributed by atoms with van der Waals surface area (Å²) in [5.74, 6) is -3.29. The van der Waals surface area contributed by atoms with Crippen LogP contribution in [0.5, 0.6) is 0 Å². The fraction of sp³-hybridized carbons (Fsp3) is 0.345. The molecule has 11 nitrogen and oxygen atoms in total. The number of nitrogens with one attached hydrogen (secondary N) is 4. The Morgan fingerprint density at radius 3 is 1.90 bits per heavy atom. The van der Waals surface area contributed by atoms with Gasteiger partial charge in [-0.05, 0) is 23.5 Å². The Hall–Kier alpha value is -4.51. The van der Waals surface area contributed by atoms with E-state index >= 15 is 0 Å². The highest BCUT2D eigenvalue weighted by Gasteiger charge is 2.32. The molecule has 0 aliphatic heterocycles. The van der Waals surface area contributed by atoms with Crippen LogP contribution in [-0.4, -0.2) is 62.9 Å². The van der Waals surface area contributed by atoms with Crippen LogP contribution in [0.15, 0.2) is 73.2 Å². The molecule has 0 spiro atoms. The number of aromatic amines is 1. The number of aliphatic carboxylic acids is 1. The Morgan fingerprint density at radius 1 is 0.800 bits per heavy atom. The quantitative estimate of drug-likeness (QED) is 0.174. The van der Waals surface area contributed by atoms with Gasteiger partial charge in [-0.25, -0.2) is 9.78 Å². The van der Waals surface area contributed by atoms with Crippen LogP contribution in [0.25, 0.3) is 0 Å². The molecule has 0 radical (unpaired) electrons. The number of carbonyl (C=O) groups excluding carboxylic acids is 3. The lowest BCUT2D eigenvalue weighted by atomic mass is 9.99. The molecule has 212 valence electrons. The number of amides is 3. The first kappa shape index (κ1) is 30.0. The van der Waals surface area contributed by atoms with E-state index in [0.717, 1.165) is 11.1 Å². The summed E-state index contributed by atoms with van der Waals surface area (Å²) in [7, 11) is 0. The molecule has 4 atom stereocenters. The Labute approximate surface area is 233 Å². The maximum atomic E-state index is 13.4. The molecule has 3 rings (SSSR count). The molecule has 40 heavy (non-hydrogen) atoms. The van der Waals surface area contributed by atoms with E-state index in [1.165, 1.54) is 12.5 Å². The molecule has 0 aliphatic rings. The van der Waals surface area contributed by atoms with Gasteiger partial charge in [0.15, 0.2) is 0 Å². The number of aromatic nitrogens is 2. The van der Waals surface area contributed by atoms with E-state index in [-0.39, 0.29) is 18.8 Å². The van der Waals surface area contributed by atoms with Gasteiger partial charge in [-0.3, -0.25) is 14.4 Å². The van der Waals surface area contributed by atoms with Gasteiger partial charge in [-0.2, -0.15) is 0 Å². The van der Waals surface area contributed by atoms with Crippen LogP contribution in [0, 0.1) is 5.92 Å². The molecule has 0 bridgehead atoms. The van der Waals surface area contributed by atoms with E-state index in [2.05, 4.69) is 25.9 Å². The number of carboxylic acid groups (broad SMARTS) is 1. The summed E-state index contributed by atoms with van der Waals surface area (Å²) >= 11 is 0. The Balaban J connectivity index is 1.73. The summed E-state index contributed by atoms with van der Waals surface area (Å²) in [6, 6.07) is 14.1. The number of rotatable bonds is 14. The van der Waals surface area contributed by atoms with E-state index in [0.29, 0.717) is 12.1 Å². The van der Waals surface area contributed by atoms with Crippen LogP contribution in [0.2, 0.25) is 0 Å². The molecular weight excluding hydrogens is 512 g/mol. The number of nitrogens with zero attached hydrogens (tertiary/aromatic N) is 1.